The Morgan fingerprint density at radius 3 is 2.50 bits per heavy atom. The summed E-state index contributed by atoms with van der Waals surface area (Å²) < 4.78 is 11.7. The molecule has 0 fully saturated rings. The van der Waals surface area contributed by atoms with Crippen molar-refractivity contribution in [2.45, 2.75) is 27.7 Å². The van der Waals surface area contributed by atoms with Crippen LogP contribution in [-0.2, 0) is 9.53 Å². The monoisotopic (exact) mass is 535 g/mol. The molecule has 0 aliphatic rings. The SMILES string of the molecule is CCOC(=O)c1c(-c2ccc(C)cc2)csc1NC(=O)COc1cc(C)c(Cl)c(C)c1Br. The van der Waals surface area contributed by atoms with Gasteiger partial charge in [0.25, 0.3) is 5.91 Å². The minimum atomic E-state index is -0.479. The van der Waals surface area contributed by atoms with Gasteiger partial charge in [0.05, 0.1) is 11.1 Å². The first-order valence-corrected chi connectivity index (χ1v) is 12.0. The first kappa shape index (κ1) is 24.3. The summed E-state index contributed by atoms with van der Waals surface area (Å²) in [4.78, 5) is 25.3. The Morgan fingerprint density at radius 2 is 1.84 bits per heavy atom. The average molecular weight is 537 g/mol. The van der Waals surface area contributed by atoms with Crippen LogP contribution in [0.3, 0.4) is 0 Å². The van der Waals surface area contributed by atoms with Crippen LogP contribution < -0.4 is 10.1 Å². The highest BCUT2D eigenvalue weighted by Gasteiger charge is 2.23. The lowest BCUT2D eigenvalue weighted by molar-refractivity contribution is -0.118. The number of nitrogens with one attached hydrogen (secondary N) is 1. The van der Waals surface area contributed by atoms with Crippen molar-refractivity contribution < 1.29 is 19.1 Å². The molecule has 0 bridgehead atoms. The molecular formula is C24H23BrClNO4S. The van der Waals surface area contributed by atoms with Crippen LogP contribution in [0, 0.1) is 20.8 Å². The molecule has 0 spiro atoms. The van der Waals surface area contributed by atoms with Crippen molar-refractivity contribution in [1.29, 1.82) is 0 Å². The maximum atomic E-state index is 12.7. The van der Waals surface area contributed by atoms with Gasteiger partial charge in [-0.25, -0.2) is 4.79 Å². The van der Waals surface area contributed by atoms with Crippen molar-refractivity contribution in [2.75, 3.05) is 18.5 Å². The Hall–Kier alpha value is -2.35. The van der Waals surface area contributed by atoms with Crippen LogP contribution in [0.5, 0.6) is 5.75 Å². The van der Waals surface area contributed by atoms with Crippen molar-refractivity contribution in [3.8, 4) is 16.9 Å². The van der Waals surface area contributed by atoms with Gasteiger partial charge in [-0.05, 0) is 66.4 Å². The molecule has 1 N–H and O–H groups in total. The van der Waals surface area contributed by atoms with Gasteiger partial charge in [-0.15, -0.1) is 11.3 Å². The van der Waals surface area contributed by atoms with Crippen molar-refractivity contribution in [1.82, 2.24) is 0 Å². The molecule has 0 aliphatic heterocycles. The number of esters is 1. The van der Waals surface area contributed by atoms with Crippen molar-refractivity contribution in [2.24, 2.45) is 0 Å². The van der Waals surface area contributed by atoms with Crippen LogP contribution in [0.2, 0.25) is 5.02 Å². The fraction of sp³-hybridized carbons (Fsp3) is 0.250. The van der Waals surface area contributed by atoms with Gasteiger partial charge in [0.1, 0.15) is 16.3 Å². The lowest BCUT2D eigenvalue weighted by Crippen LogP contribution is -2.21. The van der Waals surface area contributed by atoms with Crippen molar-refractivity contribution >= 4 is 55.7 Å². The number of thiophene rings is 1. The molecule has 0 atom stereocenters. The average Bonchev–Trinajstić information content (AvgIpc) is 3.18. The van der Waals surface area contributed by atoms with Crippen LogP contribution >= 0.6 is 38.9 Å². The van der Waals surface area contributed by atoms with Crippen LogP contribution in [0.1, 0.15) is 34.0 Å². The maximum Gasteiger partial charge on any atom is 0.341 e. The predicted molar refractivity (Wildman–Crippen MR) is 133 cm³/mol. The summed E-state index contributed by atoms with van der Waals surface area (Å²) in [6.07, 6.45) is 0. The molecule has 0 saturated carbocycles. The lowest BCUT2D eigenvalue weighted by Gasteiger charge is -2.13. The van der Waals surface area contributed by atoms with Crippen LogP contribution in [0.4, 0.5) is 5.00 Å². The topological polar surface area (TPSA) is 64.6 Å². The van der Waals surface area contributed by atoms with Gasteiger partial charge in [-0.3, -0.25) is 4.79 Å². The predicted octanol–water partition coefficient (Wildman–Crippen LogP) is 6.95. The number of hydrogen-bond donors (Lipinski definition) is 1. The Labute approximate surface area is 204 Å². The van der Waals surface area contributed by atoms with Crippen LogP contribution in [-0.4, -0.2) is 25.1 Å². The Kier molecular flexibility index (Phi) is 7.98. The van der Waals surface area contributed by atoms with Gasteiger partial charge >= 0.3 is 5.97 Å². The molecule has 32 heavy (non-hydrogen) atoms. The number of carbonyl (C=O) groups excluding carboxylic acids is 2. The number of halogens is 2. The third-order valence-corrected chi connectivity index (χ3v) is 7.28. The lowest BCUT2D eigenvalue weighted by atomic mass is 10.0. The number of amides is 1. The third-order valence-electron chi connectivity index (χ3n) is 4.81. The fourth-order valence-corrected chi connectivity index (χ4v) is 4.78. The molecule has 3 rings (SSSR count). The van der Waals surface area contributed by atoms with Crippen molar-refractivity contribution in [3.05, 3.63) is 67.5 Å². The second-order valence-electron chi connectivity index (χ2n) is 7.22. The summed E-state index contributed by atoms with van der Waals surface area (Å²) in [5, 5.41) is 5.71. The van der Waals surface area contributed by atoms with E-state index in [0.29, 0.717) is 25.8 Å². The number of rotatable bonds is 7. The van der Waals surface area contributed by atoms with Crippen LogP contribution in [0.15, 0.2) is 40.2 Å². The van der Waals surface area contributed by atoms with Gasteiger partial charge < -0.3 is 14.8 Å². The molecule has 0 aliphatic carbocycles. The molecule has 1 heterocycles. The van der Waals surface area contributed by atoms with E-state index < -0.39 is 5.97 Å². The zero-order chi connectivity index (χ0) is 23.4. The minimum absolute atomic E-state index is 0.223. The standard InChI is InChI=1S/C24H23BrClNO4S/c1-5-30-24(29)20-17(16-8-6-13(2)7-9-16)12-32-23(20)27-19(28)11-31-18-10-14(3)22(26)15(4)21(18)25/h6-10,12H,5,11H2,1-4H3,(H,27,28). The number of benzene rings is 2. The fourth-order valence-electron chi connectivity index (χ4n) is 3.11. The quantitative estimate of drug-likeness (QED) is 0.332. The molecule has 168 valence electrons. The number of carbonyl (C=O) groups is 2. The Bertz CT molecular complexity index is 1160. The first-order chi connectivity index (χ1) is 15.2. The van der Waals surface area contributed by atoms with Crippen LogP contribution in [0.25, 0.3) is 11.1 Å². The van der Waals surface area contributed by atoms with E-state index in [1.165, 1.54) is 11.3 Å². The third kappa shape index (κ3) is 5.34. The minimum Gasteiger partial charge on any atom is -0.483 e. The summed E-state index contributed by atoms with van der Waals surface area (Å²) in [6, 6.07) is 9.61. The molecule has 1 aromatic heterocycles. The zero-order valence-electron chi connectivity index (χ0n) is 18.2. The van der Waals surface area contributed by atoms with E-state index in [-0.39, 0.29) is 19.1 Å². The Morgan fingerprint density at radius 1 is 1.16 bits per heavy atom. The van der Waals surface area contributed by atoms with E-state index in [1.807, 2.05) is 50.4 Å². The normalized spacial score (nSPS) is 10.7. The second-order valence-corrected chi connectivity index (χ2v) is 9.27. The number of anilines is 1. The summed E-state index contributed by atoms with van der Waals surface area (Å²) in [5.41, 5.74) is 4.75. The molecule has 5 nitrogen and oxygen atoms in total. The smallest absolute Gasteiger partial charge is 0.341 e. The van der Waals surface area contributed by atoms with Crippen molar-refractivity contribution in [3.63, 3.8) is 0 Å². The van der Waals surface area contributed by atoms with E-state index in [0.717, 1.165) is 27.8 Å². The van der Waals surface area contributed by atoms with E-state index in [4.69, 9.17) is 21.1 Å². The summed E-state index contributed by atoms with van der Waals surface area (Å²) >= 11 is 11.0. The van der Waals surface area contributed by atoms with E-state index in [2.05, 4.69) is 21.2 Å². The Balaban J connectivity index is 1.81. The van der Waals surface area contributed by atoms with Gasteiger partial charge in [0, 0.05) is 16.0 Å². The summed E-state index contributed by atoms with van der Waals surface area (Å²) in [5.74, 6) is -0.339. The maximum absolute atomic E-state index is 12.7. The second kappa shape index (κ2) is 10.5. The summed E-state index contributed by atoms with van der Waals surface area (Å²) in [6.45, 7) is 7.50. The highest BCUT2D eigenvalue weighted by Crippen LogP contribution is 2.37. The summed E-state index contributed by atoms with van der Waals surface area (Å²) in [7, 11) is 0. The van der Waals surface area contributed by atoms with Gasteiger partial charge in [0.2, 0.25) is 0 Å². The molecule has 8 heteroatoms. The molecular weight excluding hydrogens is 514 g/mol. The molecule has 0 radical (unpaired) electrons. The largest absolute Gasteiger partial charge is 0.483 e. The van der Waals surface area contributed by atoms with Gasteiger partial charge in [-0.1, -0.05) is 41.4 Å². The van der Waals surface area contributed by atoms with E-state index in [1.54, 1.807) is 13.0 Å². The molecule has 1 amide bonds. The number of aryl methyl sites for hydroxylation is 2. The molecule has 2 aromatic carbocycles. The van der Waals surface area contributed by atoms with E-state index in [9.17, 15) is 9.59 Å². The highest BCUT2D eigenvalue weighted by atomic mass is 79.9. The van der Waals surface area contributed by atoms with Gasteiger partial charge in [0.15, 0.2) is 6.61 Å². The first-order valence-electron chi connectivity index (χ1n) is 9.96. The molecule has 3 aromatic rings. The molecule has 0 saturated heterocycles. The van der Waals surface area contributed by atoms with E-state index >= 15 is 0 Å². The zero-order valence-corrected chi connectivity index (χ0v) is 21.3. The number of hydrogen-bond acceptors (Lipinski definition) is 5. The molecule has 0 unspecified atom stereocenters. The van der Waals surface area contributed by atoms with Gasteiger partial charge in [-0.2, -0.15) is 0 Å². The highest BCUT2D eigenvalue weighted by molar-refractivity contribution is 9.10. The number of ether oxygens (including phenoxy) is 2.